The summed E-state index contributed by atoms with van der Waals surface area (Å²) in [6, 6.07) is 17.2. The molecule has 2 amide bonds. The van der Waals surface area contributed by atoms with Crippen LogP contribution in [-0.4, -0.2) is 23.3 Å². The Kier molecular flexibility index (Phi) is 4.27. The van der Waals surface area contributed by atoms with E-state index in [1.54, 1.807) is 4.90 Å². The summed E-state index contributed by atoms with van der Waals surface area (Å²) in [4.78, 5) is 27.8. The molecule has 0 bridgehead atoms. The molecule has 1 fully saturated rings. The van der Waals surface area contributed by atoms with Crippen molar-refractivity contribution in [2.75, 3.05) is 6.54 Å². The van der Waals surface area contributed by atoms with Crippen LogP contribution in [0.15, 0.2) is 54.6 Å². The quantitative estimate of drug-likeness (QED) is 0.926. The highest BCUT2D eigenvalue weighted by Crippen LogP contribution is 2.44. The molecule has 1 heterocycles. The first-order chi connectivity index (χ1) is 12.6. The second kappa shape index (κ2) is 6.60. The lowest BCUT2D eigenvalue weighted by molar-refractivity contribution is -0.145. The van der Waals surface area contributed by atoms with E-state index in [1.807, 2.05) is 54.6 Å². The van der Waals surface area contributed by atoms with Crippen molar-refractivity contribution in [3.05, 3.63) is 71.3 Å². The van der Waals surface area contributed by atoms with Crippen molar-refractivity contribution < 1.29 is 9.59 Å². The van der Waals surface area contributed by atoms with Gasteiger partial charge in [-0.25, -0.2) is 0 Å². The molecule has 2 aromatic rings. The monoisotopic (exact) mass is 348 g/mol. The summed E-state index contributed by atoms with van der Waals surface area (Å²) in [7, 11) is 0. The van der Waals surface area contributed by atoms with Crippen molar-refractivity contribution in [1.82, 2.24) is 4.90 Å². The summed E-state index contributed by atoms with van der Waals surface area (Å²) in [6.45, 7) is 0.540. The number of primary amides is 1. The fraction of sp³-hybridized carbons (Fsp3) is 0.364. The molecule has 0 radical (unpaired) electrons. The van der Waals surface area contributed by atoms with Crippen molar-refractivity contribution in [2.24, 2.45) is 5.73 Å². The van der Waals surface area contributed by atoms with E-state index in [1.165, 1.54) is 0 Å². The SMILES string of the molecule is NC(=O)C1c2ccccc2CCN1C(=O)C1(c2ccccc2)CCCC1. The summed E-state index contributed by atoms with van der Waals surface area (Å²) in [5.74, 6) is -0.397. The second-order valence-corrected chi connectivity index (χ2v) is 7.41. The zero-order valence-corrected chi connectivity index (χ0v) is 14.9. The summed E-state index contributed by atoms with van der Waals surface area (Å²) in [5, 5.41) is 0. The van der Waals surface area contributed by atoms with E-state index in [2.05, 4.69) is 0 Å². The van der Waals surface area contributed by atoms with Gasteiger partial charge in [0.15, 0.2) is 0 Å². The Bertz CT molecular complexity index is 825. The van der Waals surface area contributed by atoms with Gasteiger partial charge in [0.25, 0.3) is 0 Å². The molecule has 26 heavy (non-hydrogen) atoms. The fourth-order valence-electron chi connectivity index (χ4n) is 4.73. The number of carbonyl (C=O) groups excluding carboxylic acids is 2. The number of carbonyl (C=O) groups is 2. The van der Waals surface area contributed by atoms with Crippen molar-refractivity contribution in [2.45, 2.75) is 43.6 Å². The number of rotatable bonds is 3. The number of amides is 2. The summed E-state index contributed by atoms with van der Waals surface area (Å²) >= 11 is 0. The molecule has 1 atom stereocenters. The molecule has 2 N–H and O–H groups in total. The highest BCUT2D eigenvalue weighted by Gasteiger charge is 2.48. The molecular weight excluding hydrogens is 324 g/mol. The van der Waals surface area contributed by atoms with E-state index in [0.29, 0.717) is 6.54 Å². The first-order valence-electron chi connectivity index (χ1n) is 9.37. The first-order valence-corrected chi connectivity index (χ1v) is 9.37. The maximum atomic E-state index is 13.8. The molecule has 134 valence electrons. The Morgan fingerprint density at radius 1 is 0.962 bits per heavy atom. The molecule has 1 unspecified atom stereocenters. The van der Waals surface area contributed by atoms with Crippen LogP contribution >= 0.6 is 0 Å². The van der Waals surface area contributed by atoms with Crippen LogP contribution in [0.3, 0.4) is 0 Å². The highest BCUT2D eigenvalue weighted by atomic mass is 16.2. The van der Waals surface area contributed by atoms with E-state index in [-0.39, 0.29) is 5.91 Å². The molecule has 0 spiro atoms. The minimum Gasteiger partial charge on any atom is -0.368 e. The van der Waals surface area contributed by atoms with E-state index in [0.717, 1.165) is 48.8 Å². The van der Waals surface area contributed by atoms with Gasteiger partial charge >= 0.3 is 0 Å². The normalized spacial score (nSPS) is 21.2. The molecule has 2 aliphatic rings. The topological polar surface area (TPSA) is 63.4 Å². The number of benzene rings is 2. The van der Waals surface area contributed by atoms with Crippen LogP contribution in [-0.2, 0) is 21.4 Å². The number of fused-ring (bicyclic) bond motifs is 1. The molecule has 1 saturated carbocycles. The average molecular weight is 348 g/mol. The van der Waals surface area contributed by atoms with Gasteiger partial charge in [-0.2, -0.15) is 0 Å². The molecule has 1 aliphatic carbocycles. The number of nitrogens with two attached hydrogens (primary N) is 1. The van der Waals surface area contributed by atoms with Gasteiger partial charge in [-0.1, -0.05) is 67.4 Å². The molecule has 4 rings (SSSR count). The predicted octanol–water partition coefficient (Wildman–Crippen LogP) is 3.11. The van der Waals surface area contributed by atoms with Crippen LogP contribution in [0, 0.1) is 0 Å². The average Bonchev–Trinajstić information content (AvgIpc) is 3.18. The minimum absolute atomic E-state index is 0.0551. The van der Waals surface area contributed by atoms with Crippen LogP contribution in [0.25, 0.3) is 0 Å². The van der Waals surface area contributed by atoms with Crippen LogP contribution < -0.4 is 5.73 Å². The maximum absolute atomic E-state index is 13.8. The molecule has 2 aromatic carbocycles. The van der Waals surface area contributed by atoms with Gasteiger partial charge in [-0.05, 0) is 36.0 Å². The molecule has 1 aliphatic heterocycles. The lowest BCUT2D eigenvalue weighted by Crippen LogP contribution is -2.52. The van der Waals surface area contributed by atoms with Crippen molar-refractivity contribution in [1.29, 1.82) is 0 Å². The lowest BCUT2D eigenvalue weighted by atomic mass is 9.76. The van der Waals surface area contributed by atoms with Crippen molar-refractivity contribution in [3.63, 3.8) is 0 Å². The fourth-order valence-corrected chi connectivity index (χ4v) is 4.73. The van der Waals surface area contributed by atoms with Gasteiger partial charge < -0.3 is 10.6 Å². The van der Waals surface area contributed by atoms with Crippen LogP contribution in [0.5, 0.6) is 0 Å². The Morgan fingerprint density at radius 2 is 1.62 bits per heavy atom. The third-order valence-corrected chi connectivity index (χ3v) is 6.01. The Labute approximate surface area is 154 Å². The van der Waals surface area contributed by atoms with Crippen molar-refractivity contribution in [3.8, 4) is 0 Å². The Morgan fingerprint density at radius 3 is 2.31 bits per heavy atom. The second-order valence-electron chi connectivity index (χ2n) is 7.41. The largest absolute Gasteiger partial charge is 0.368 e. The Balaban J connectivity index is 1.76. The third-order valence-electron chi connectivity index (χ3n) is 6.01. The molecule has 4 heteroatoms. The standard InChI is InChI=1S/C22H24N2O2/c23-20(25)19-18-11-5-4-8-16(18)12-15-24(19)21(26)22(13-6-7-14-22)17-9-2-1-3-10-17/h1-5,8-11,19H,6-7,12-15H2,(H2,23,25). The van der Waals surface area contributed by atoms with Crippen LogP contribution in [0.4, 0.5) is 0 Å². The van der Waals surface area contributed by atoms with E-state index in [4.69, 9.17) is 5.73 Å². The van der Waals surface area contributed by atoms with Crippen LogP contribution in [0.2, 0.25) is 0 Å². The van der Waals surface area contributed by atoms with Gasteiger partial charge in [0, 0.05) is 6.54 Å². The zero-order valence-electron chi connectivity index (χ0n) is 14.9. The van der Waals surface area contributed by atoms with Gasteiger partial charge in [-0.15, -0.1) is 0 Å². The van der Waals surface area contributed by atoms with Gasteiger partial charge in [-0.3, -0.25) is 9.59 Å². The number of nitrogens with zero attached hydrogens (tertiary/aromatic N) is 1. The molecule has 4 nitrogen and oxygen atoms in total. The summed E-state index contributed by atoms with van der Waals surface area (Å²) < 4.78 is 0. The number of hydrogen-bond acceptors (Lipinski definition) is 2. The summed E-state index contributed by atoms with van der Waals surface area (Å²) in [6.07, 6.45) is 4.49. The maximum Gasteiger partial charge on any atom is 0.244 e. The third kappa shape index (κ3) is 2.61. The molecular formula is C22H24N2O2. The molecule has 0 saturated heterocycles. The minimum atomic E-state index is -0.673. The first kappa shape index (κ1) is 16.8. The predicted molar refractivity (Wildman–Crippen MR) is 100 cm³/mol. The molecule has 0 aromatic heterocycles. The van der Waals surface area contributed by atoms with E-state index < -0.39 is 17.4 Å². The highest BCUT2D eigenvalue weighted by molar-refractivity contribution is 5.94. The smallest absolute Gasteiger partial charge is 0.244 e. The van der Waals surface area contributed by atoms with Gasteiger partial charge in [0.05, 0.1) is 5.41 Å². The zero-order chi connectivity index (χ0) is 18.1. The van der Waals surface area contributed by atoms with Crippen molar-refractivity contribution >= 4 is 11.8 Å². The van der Waals surface area contributed by atoms with Gasteiger partial charge in [0.2, 0.25) is 11.8 Å². The number of hydrogen-bond donors (Lipinski definition) is 1. The Hall–Kier alpha value is -2.62. The van der Waals surface area contributed by atoms with Gasteiger partial charge in [0.1, 0.15) is 6.04 Å². The van der Waals surface area contributed by atoms with E-state index >= 15 is 0 Å². The van der Waals surface area contributed by atoms with Crippen LogP contribution in [0.1, 0.15) is 48.4 Å². The summed E-state index contributed by atoms with van der Waals surface area (Å²) in [5.41, 5.74) is 8.28. The lowest BCUT2D eigenvalue weighted by Gasteiger charge is -2.41. The van der Waals surface area contributed by atoms with E-state index in [9.17, 15) is 9.59 Å².